The molecule has 0 rings (SSSR count). The lowest BCUT2D eigenvalue weighted by molar-refractivity contribution is -0.449. The third-order valence-electron chi connectivity index (χ3n) is 1.33. The summed E-state index contributed by atoms with van der Waals surface area (Å²) in [6, 6.07) is 0. The zero-order valence-corrected chi connectivity index (χ0v) is 7.47. The van der Waals surface area contributed by atoms with Gasteiger partial charge in [-0.1, -0.05) is 6.58 Å². The van der Waals surface area contributed by atoms with Gasteiger partial charge in [-0.25, -0.2) is 4.79 Å². The van der Waals surface area contributed by atoms with E-state index in [2.05, 4.69) is 11.3 Å². The summed E-state index contributed by atoms with van der Waals surface area (Å²) in [5.41, 5.74) is -0.175. The van der Waals surface area contributed by atoms with E-state index in [1.807, 2.05) is 0 Å². The molecule has 0 radical (unpaired) electrons. The van der Waals surface area contributed by atoms with Gasteiger partial charge in [0, 0.05) is 5.57 Å². The minimum Gasteiger partial charge on any atom is -0.400 e. The molecule has 0 unspecified atom stereocenters. The Labute approximate surface area is 79.5 Å². The predicted molar refractivity (Wildman–Crippen MR) is 42.3 cm³/mol. The monoisotopic (exact) mass is 208 g/mol. The SMILES string of the molecule is C=C(C)C(=O)OC(O)(O)C(O)(O)CO. The zero-order chi connectivity index (χ0) is 11.6. The van der Waals surface area contributed by atoms with Crippen LogP contribution in [0.3, 0.4) is 0 Å². The van der Waals surface area contributed by atoms with Crippen LogP contribution in [0.2, 0.25) is 0 Å². The van der Waals surface area contributed by atoms with Crippen molar-refractivity contribution in [3.63, 3.8) is 0 Å². The lowest BCUT2D eigenvalue weighted by atomic mass is 10.2. The Morgan fingerprint density at radius 2 is 1.79 bits per heavy atom. The summed E-state index contributed by atoms with van der Waals surface area (Å²) in [5.74, 6) is -8.20. The van der Waals surface area contributed by atoms with E-state index in [1.54, 1.807) is 0 Å². The van der Waals surface area contributed by atoms with Crippen LogP contribution in [0.4, 0.5) is 0 Å². The van der Waals surface area contributed by atoms with E-state index in [0.717, 1.165) is 0 Å². The molecule has 0 fully saturated rings. The normalized spacial score (nSPS) is 12.4. The van der Waals surface area contributed by atoms with Gasteiger partial charge in [0.05, 0.1) is 0 Å². The maximum atomic E-state index is 10.8. The Morgan fingerprint density at radius 3 is 2.07 bits per heavy atom. The van der Waals surface area contributed by atoms with Crippen molar-refractivity contribution in [3.05, 3.63) is 12.2 Å². The van der Waals surface area contributed by atoms with Crippen molar-refractivity contribution < 1.29 is 35.1 Å². The average Bonchev–Trinajstić information content (AvgIpc) is 2.03. The van der Waals surface area contributed by atoms with Gasteiger partial charge in [0.25, 0.3) is 5.79 Å². The van der Waals surface area contributed by atoms with E-state index in [1.165, 1.54) is 6.92 Å². The van der Waals surface area contributed by atoms with E-state index in [4.69, 9.17) is 25.5 Å². The molecule has 0 aliphatic rings. The first-order valence-corrected chi connectivity index (χ1v) is 3.53. The van der Waals surface area contributed by atoms with Crippen LogP contribution in [0.25, 0.3) is 0 Å². The number of rotatable bonds is 4. The number of carbonyl (C=O) groups excluding carboxylic acids is 1. The average molecular weight is 208 g/mol. The third kappa shape index (κ3) is 2.76. The van der Waals surface area contributed by atoms with Gasteiger partial charge in [0.1, 0.15) is 6.61 Å². The summed E-state index contributed by atoms with van der Waals surface area (Å²) in [6.07, 6.45) is 0. The minimum atomic E-state index is -3.60. The smallest absolute Gasteiger partial charge is 0.384 e. The van der Waals surface area contributed by atoms with Gasteiger partial charge in [-0.2, -0.15) is 0 Å². The van der Waals surface area contributed by atoms with Crippen LogP contribution < -0.4 is 0 Å². The minimum absolute atomic E-state index is 0.175. The first-order valence-electron chi connectivity index (χ1n) is 3.53. The quantitative estimate of drug-likeness (QED) is 0.195. The Hall–Kier alpha value is -0.990. The van der Waals surface area contributed by atoms with Crippen LogP contribution in [0.1, 0.15) is 6.92 Å². The molecule has 0 aromatic rings. The third-order valence-corrected chi connectivity index (χ3v) is 1.33. The highest BCUT2D eigenvalue weighted by atomic mass is 16.8. The highest BCUT2D eigenvalue weighted by molar-refractivity contribution is 5.87. The van der Waals surface area contributed by atoms with Crippen molar-refractivity contribution in [1.29, 1.82) is 0 Å². The maximum absolute atomic E-state index is 10.8. The number of hydrogen-bond donors (Lipinski definition) is 5. The molecule has 5 N–H and O–H groups in total. The molecule has 82 valence electrons. The summed E-state index contributed by atoms with van der Waals surface area (Å²) < 4.78 is 3.87. The second-order valence-electron chi connectivity index (χ2n) is 2.75. The van der Waals surface area contributed by atoms with Gasteiger partial charge in [-0.05, 0) is 6.92 Å². The Balaban J connectivity index is 4.65. The van der Waals surface area contributed by atoms with Gasteiger partial charge in [0.2, 0.25) is 0 Å². The van der Waals surface area contributed by atoms with Crippen molar-refractivity contribution in [2.75, 3.05) is 6.61 Å². The fraction of sp³-hybridized carbons (Fsp3) is 0.571. The highest BCUT2D eigenvalue weighted by Crippen LogP contribution is 2.19. The van der Waals surface area contributed by atoms with E-state index < -0.39 is 24.3 Å². The molecule has 0 heterocycles. The van der Waals surface area contributed by atoms with Gasteiger partial charge < -0.3 is 30.3 Å². The fourth-order valence-electron chi connectivity index (χ4n) is 0.401. The molecular formula is C7H12O7. The van der Waals surface area contributed by atoms with E-state index >= 15 is 0 Å². The zero-order valence-electron chi connectivity index (χ0n) is 7.47. The van der Waals surface area contributed by atoms with Crippen LogP contribution in [-0.4, -0.2) is 49.9 Å². The Kier molecular flexibility index (Phi) is 3.74. The van der Waals surface area contributed by atoms with Crippen molar-refractivity contribution in [2.24, 2.45) is 0 Å². The molecule has 0 aromatic heterocycles. The maximum Gasteiger partial charge on any atom is 0.384 e. The second kappa shape index (κ2) is 4.03. The fourth-order valence-corrected chi connectivity index (χ4v) is 0.401. The van der Waals surface area contributed by atoms with Gasteiger partial charge >= 0.3 is 11.9 Å². The number of carbonyl (C=O) groups is 1. The molecule has 7 nitrogen and oxygen atoms in total. The van der Waals surface area contributed by atoms with Gasteiger partial charge in [0.15, 0.2) is 0 Å². The lowest BCUT2D eigenvalue weighted by Crippen LogP contribution is -2.59. The first kappa shape index (κ1) is 13.0. The Bertz CT molecular complexity index is 242. The molecule has 0 atom stereocenters. The summed E-state index contributed by atoms with van der Waals surface area (Å²) >= 11 is 0. The van der Waals surface area contributed by atoms with E-state index in [9.17, 15) is 4.79 Å². The molecule has 7 heteroatoms. The second-order valence-corrected chi connectivity index (χ2v) is 2.75. The largest absolute Gasteiger partial charge is 0.400 e. The number of hydrogen-bond acceptors (Lipinski definition) is 7. The van der Waals surface area contributed by atoms with Crippen LogP contribution in [-0.2, 0) is 9.53 Å². The standard InChI is InChI=1S/C7H12O7/c1-4(2)5(9)14-7(12,13)6(10,11)3-8/h8,10-13H,1,3H2,2H3. The summed E-state index contributed by atoms with van der Waals surface area (Å²) in [6.45, 7) is 2.91. The molecule has 0 spiro atoms. The molecule has 0 saturated carbocycles. The van der Waals surface area contributed by atoms with Crippen LogP contribution in [0.5, 0.6) is 0 Å². The molecule has 0 aromatic carbocycles. The molecule has 0 aliphatic heterocycles. The number of ether oxygens (including phenoxy) is 1. The van der Waals surface area contributed by atoms with Crippen LogP contribution >= 0.6 is 0 Å². The number of esters is 1. The van der Waals surface area contributed by atoms with Crippen molar-refractivity contribution >= 4 is 5.97 Å². The van der Waals surface area contributed by atoms with Crippen molar-refractivity contribution in [2.45, 2.75) is 18.7 Å². The predicted octanol–water partition coefficient (Wildman–Crippen LogP) is -2.58. The summed E-state index contributed by atoms with van der Waals surface area (Å²) in [5, 5.41) is 43.7. The van der Waals surface area contributed by atoms with Crippen LogP contribution in [0.15, 0.2) is 12.2 Å². The van der Waals surface area contributed by atoms with Gasteiger partial charge in [-0.3, -0.25) is 0 Å². The van der Waals surface area contributed by atoms with E-state index in [-0.39, 0.29) is 5.57 Å². The van der Waals surface area contributed by atoms with Crippen LogP contribution in [0, 0.1) is 0 Å². The molecule has 0 amide bonds. The topological polar surface area (TPSA) is 127 Å². The summed E-state index contributed by atoms with van der Waals surface area (Å²) in [7, 11) is 0. The molecular weight excluding hydrogens is 196 g/mol. The number of aliphatic hydroxyl groups is 5. The lowest BCUT2D eigenvalue weighted by Gasteiger charge is -2.31. The Morgan fingerprint density at radius 1 is 1.36 bits per heavy atom. The van der Waals surface area contributed by atoms with Crippen molar-refractivity contribution in [1.82, 2.24) is 0 Å². The van der Waals surface area contributed by atoms with Gasteiger partial charge in [-0.15, -0.1) is 0 Å². The number of aliphatic hydroxyl groups excluding tert-OH is 1. The molecule has 0 aliphatic carbocycles. The summed E-state index contributed by atoms with van der Waals surface area (Å²) in [4.78, 5) is 10.8. The molecule has 0 saturated heterocycles. The highest BCUT2D eigenvalue weighted by Gasteiger charge is 2.51. The van der Waals surface area contributed by atoms with Crippen molar-refractivity contribution in [3.8, 4) is 0 Å². The molecule has 0 bridgehead atoms. The first-order chi connectivity index (χ1) is 6.14. The molecule has 14 heavy (non-hydrogen) atoms. The van der Waals surface area contributed by atoms with E-state index in [0.29, 0.717) is 0 Å².